The average molecular weight is 398 g/mol. The molecule has 0 aromatic heterocycles. The van der Waals surface area contributed by atoms with E-state index in [1.54, 1.807) is 0 Å². The van der Waals surface area contributed by atoms with Crippen molar-refractivity contribution < 1.29 is 0 Å². The van der Waals surface area contributed by atoms with E-state index in [0.29, 0.717) is 12.0 Å². The molecule has 2 aliphatic rings. The Balaban J connectivity index is 2.14. The Morgan fingerprint density at radius 2 is 2.03 bits per heavy atom. The molecule has 0 saturated heterocycles. The summed E-state index contributed by atoms with van der Waals surface area (Å²) in [5.74, 6) is 0.609. The van der Waals surface area contributed by atoms with Crippen molar-refractivity contribution in [2.75, 3.05) is 5.32 Å². The maximum absolute atomic E-state index is 3.94. The molecule has 30 heavy (non-hydrogen) atoms. The second kappa shape index (κ2) is 7.95. The van der Waals surface area contributed by atoms with Crippen LogP contribution in [0.2, 0.25) is 0 Å². The third kappa shape index (κ3) is 3.35. The number of fused-ring (bicyclic) bond motifs is 2. The van der Waals surface area contributed by atoms with E-state index in [1.165, 1.54) is 44.3 Å². The van der Waals surface area contributed by atoms with Crippen molar-refractivity contribution in [3.63, 3.8) is 0 Å². The van der Waals surface area contributed by atoms with Crippen LogP contribution < -0.4 is 5.32 Å². The number of hydrogen-bond donors (Lipinski definition) is 1. The SMILES string of the molecule is C=C/C=C\C1=C(CC)C(C)(C)c2cccc3cc4c(c1c23)C[C@@H](C)C/C=C\C(C)N4. The van der Waals surface area contributed by atoms with Crippen molar-refractivity contribution in [2.24, 2.45) is 5.92 Å². The predicted molar refractivity (Wildman–Crippen MR) is 133 cm³/mol. The molecular weight excluding hydrogens is 362 g/mol. The Labute approximate surface area is 182 Å². The van der Waals surface area contributed by atoms with Gasteiger partial charge in [0.1, 0.15) is 0 Å². The van der Waals surface area contributed by atoms with Crippen LogP contribution in [0.3, 0.4) is 0 Å². The van der Waals surface area contributed by atoms with Crippen molar-refractivity contribution >= 4 is 22.0 Å². The molecule has 0 fully saturated rings. The van der Waals surface area contributed by atoms with Gasteiger partial charge in [-0.25, -0.2) is 0 Å². The van der Waals surface area contributed by atoms with E-state index in [1.807, 2.05) is 6.08 Å². The van der Waals surface area contributed by atoms with E-state index >= 15 is 0 Å². The molecule has 0 saturated carbocycles. The van der Waals surface area contributed by atoms with Gasteiger partial charge < -0.3 is 5.32 Å². The van der Waals surface area contributed by atoms with Crippen molar-refractivity contribution in [1.29, 1.82) is 0 Å². The smallest absolute Gasteiger partial charge is 0.0416 e. The van der Waals surface area contributed by atoms with Gasteiger partial charge in [0.05, 0.1) is 0 Å². The molecular formula is C29H35N. The van der Waals surface area contributed by atoms with Crippen LogP contribution in [0.15, 0.2) is 66.8 Å². The summed E-state index contributed by atoms with van der Waals surface area (Å²) in [4.78, 5) is 0. The van der Waals surface area contributed by atoms with E-state index in [4.69, 9.17) is 0 Å². The quantitative estimate of drug-likeness (QED) is 0.409. The lowest BCUT2D eigenvalue weighted by molar-refractivity contribution is 0.588. The van der Waals surface area contributed by atoms with Gasteiger partial charge in [-0.15, -0.1) is 0 Å². The van der Waals surface area contributed by atoms with Crippen molar-refractivity contribution in [1.82, 2.24) is 0 Å². The molecule has 0 amide bonds. The zero-order chi connectivity index (χ0) is 21.5. The highest BCUT2D eigenvalue weighted by molar-refractivity contribution is 6.06. The molecule has 1 N–H and O–H groups in total. The third-order valence-electron chi connectivity index (χ3n) is 6.95. The fraction of sp³-hybridized carbons (Fsp3) is 0.379. The summed E-state index contributed by atoms with van der Waals surface area (Å²) in [6.45, 7) is 15.6. The first-order valence-electron chi connectivity index (χ1n) is 11.4. The minimum atomic E-state index is 0.0166. The maximum atomic E-state index is 3.94. The summed E-state index contributed by atoms with van der Waals surface area (Å²) in [6.07, 6.45) is 14.2. The average Bonchev–Trinajstić information content (AvgIpc) is 2.76. The lowest BCUT2D eigenvalue weighted by Crippen LogP contribution is -2.26. The predicted octanol–water partition coefficient (Wildman–Crippen LogP) is 7.98. The molecule has 156 valence electrons. The molecule has 1 unspecified atom stereocenters. The van der Waals surface area contributed by atoms with Crippen LogP contribution in [0.4, 0.5) is 5.69 Å². The molecule has 1 heteroatoms. The van der Waals surface area contributed by atoms with E-state index in [-0.39, 0.29) is 5.41 Å². The monoisotopic (exact) mass is 397 g/mol. The molecule has 1 aliphatic heterocycles. The summed E-state index contributed by atoms with van der Waals surface area (Å²) in [5.41, 5.74) is 8.61. The van der Waals surface area contributed by atoms with Crippen LogP contribution in [0, 0.1) is 5.92 Å². The van der Waals surface area contributed by atoms with Gasteiger partial charge in [-0.1, -0.05) is 88.4 Å². The molecule has 1 heterocycles. The second-order valence-corrected chi connectivity index (χ2v) is 9.55. The Bertz CT molecular complexity index is 1080. The van der Waals surface area contributed by atoms with Crippen LogP contribution in [0.25, 0.3) is 16.3 Å². The molecule has 2 atom stereocenters. The summed E-state index contributed by atoms with van der Waals surface area (Å²) in [7, 11) is 0. The number of nitrogens with one attached hydrogen (secondary N) is 1. The summed E-state index contributed by atoms with van der Waals surface area (Å²) in [5, 5.41) is 6.59. The molecule has 1 aliphatic carbocycles. The van der Waals surface area contributed by atoms with E-state index in [9.17, 15) is 0 Å². The lowest BCUT2D eigenvalue weighted by atomic mass is 9.66. The molecule has 0 radical (unpaired) electrons. The molecule has 2 aromatic carbocycles. The standard InChI is InChI=1S/C29H35N/c1-7-9-15-22-24(8-2)29(5,6)25-16-11-14-21-18-26-23(28(22)27(21)25)17-19(3)12-10-13-20(4)30-26/h7,9-11,13-16,18-20,30H,1,8,12,17H2,2-6H3/b13-10-,15-9-/t19-,20?/m0/s1. The molecule has 1 nitrogen and oxygen atoms in total. The van der Waals surface area contributed by atoms with E-state index in [0.717, 1.165) is 19.3 Å². The first-order valence-corrected chi connectivity index (χ1v) is 11.4. The zero-order valence-corrected chi connectivity index (χ0v) is 19.2. The van der Waals surface area contributed by atoms with Crippen LogP contribution >= 0.6 is 0 Å². The van der Waals surface area contributed by atoms with Gasteiger partial charge in [0.15, 0.2) is 0 Å². The van der Waals surface area contributed by atoms with Gasteiger partial charge in [-0.05, 0) is 71.2 Å². The van der Waals surface area contributed by atoms with Crippen LogP contribution in [-0.4, -0.2) is 6.04 Å². The number of allylic oxidation sites excluding steroid dienone is 6. The number of benzene rings is 2. The number of hydrogen-bond acceptors (Lipinski definition) is 1. The van der Waals surface area contributed by atoms with Gasteiger partial charge in [0.25, 0.3) is 0 Å². The summed E-state index contributed by atoms with van der Waals surface area (Å²) >= 11 is 0. The summed E-state index contributed by atoms with van der Waals surface area (Å²) < 4.78 is 0. The molecule has 0 bridgehead atoms. The molecule has 4 rings (SSSR count). The normalized spacial score (nSPS) is 24.0. The Kier molecular flexibility index (Phi) is 5.49. The largest absolute Gasteiger partial charge is 0.379 e. The fourth-order valence-corrected chi connectivity index (χ4v) is 5.53. The Morgan fingerprint density at radius 1 is 1.23 bits per heavy atom. The van der Waals surface area contributed by atoms with Crippen molar-refractivity contribution in [3.05, 3.63) is 83.5 Å². The number of anilines is 1. The fourth-order valence-electron chi connectivity index (χ4n) is 5.53. The van der Waals surface area contributed by atoms with Gasteiger partial charge in [0, 0.05) is 17.1 Å². The zero-order valence-electron chi connectivity index (χ0n) is 19.2. The van der Waals surface area contributed by atoms with Crippen LogP contribution in [0.1, 0.15) is 64.2 Å². The Morgan fingerprint density at radius 3 is 2.77 bits per heavy atom. The van der Waals surface area contributed by atoms with Crippen molar-refractivity contribution in [3.8, 4) is 0 Å². The van der Waals surface area contributed by atoms with Gasteiger partial charge in [0.2, 0.25) is 0 Å². The highest BCUT2D eigenvalue weighted by Gasteiger charge is 2.35. The first-order chi connectivity index (χ1) is 14.4. The highest BCUT2D eigenvalue weighted by atomic mass is 14.9. The third-order valence-corrected chi connectivity index (χ3v) is 6.95. The summed E-state index contributed by atoms with van der Waals surface area (Å²) in [6, 6.07) is 9.57. The highest BCUT2D eigenvalue weighted by Crippen LogP contribution is 2.51. The van der Waals surface area contributed by atoms with Gasteiger partial charge in [-0.2, -0.15) is 0 Å². The minimum absolute atomic E-state index is 0.0166. The Hall–Kier alpha value is -2.54. The number of rotatable bonds is 3. The van der Waals surface area contributed by atoms with Crippen LogP contribution in [-0.2, 0) is 11.8 Å². The molecule has 2 aromatic rings. The van der Waals surface area contributed by atoms with Gasteiger partial charge >= 0.3 is 0 Å². The first kappa shape index (κ1) is 20.7. The van der Waals surface area contributed by atoms with Gasteiger partial charge in [-0.3, -0.25) is 0 Å². The van der Waals surface area contributed by atoms with Crippen LogP contribution in [0.5, 0.6) is 0 Å². The van der Waals surface area contributed by atoms with Crippen molar-refractivity contribution in [2.45, 2.75) is 65.3 Å². The minimum Gasteiger partial charge on any atom is -0.379 e. The topological polar surface area (TPSA) is 12.0 Å². The second-order valence-electron chi connectivity index (χ2n) is 9.55. The van der Waals surface area contributed by atoms with E-state index in [2.05, 4.69) is 95.1 Å². The van der Waals surface area contributed by atoms with E-state index < -0.39 is 0 Å². The molecule has 0 spiro atoms. The maximum Gasteiger partial charge on any atom is 0.0416 e. The lowest BCUT2D eigenvalue weighted by Gasteiger charge is -2.38.